The highest BCUT2D eigenvalue weighted by atomic mass is 16.5. The molecule has 0 aromatic carbocycles. The molecular formula is C13H19NO2. The SMILES string of the molecule is COc1ccc(CC(O)CC2CCC2)cn1. The predicted octanol–water partition coefficient (Wildman–Crippen LogP) is 2.18. The third-order valence-corrected chi connectivity index (χ3v) is 3.31. The Bertz CT molecular complexity index is 319. The van der Waals surface area contributed by atoms with Crippen LogP contribution in [0.4, 0.5) is 0 Å². The minimum atomic E-state index is -0.222. The van der Waals surface area contributed by atoms with E-state index < -0.39 is 0 Å². The number of hydrogen-bond donors (Lipinski definition) is 1. The van der Waals surface area contributed by atoms with Crippen molar-refractivity contribution < 1.29 is 9.84 Å². The number of pyridine rings is 1. The second-order valence-corrected chi connectivity index (χ2v) is 4.60. The Balaban J connectivity index is 1.82. The van der Waals surface area contributed by atoms with E-state index in [2.05, 4.69) is 4.98 Å². The van der Waals surface area contributed by atoms with Crippen LogP contribution in [0, 0.1) is 5.92 Å². The monoisotopic (exact) mass is 221 g/mol. The number of aliphatic hydroxyl groups excluding tert-OH is 1. The highest BCUT2D eigenvalue weighted by molar-refractivity contribution is 5.18. The predicted molar refractivity (Wildman–Crippen MR) is 62.5 cm³/mol. The van der Waals surface area contributed by atoms with Gasteiger partial charge in [0.1, 0.15) is 0 Å². The van der Waals surface area contributed by atoms with E-state index in [0.29, 0.717) is 12.3 Å². The fraction of sp³-hybridized carbons (Fsp3) is 0.615. The maximum Gasteiger partial charge on any atom is 0.212 e. The van der Waals surface area contributed by atoms with Gasteiger partial charge < -0.3 is 9.84 Å². The molecule has 88 valence electrons. The summed E-state index contributed by atoms with van der Waals surface area (Å²) in [4.78, 5) is 4.13. The first kappa shape index (κ1) is 11.4. The summed E-state index contributed by atoms with van der Waals surface area (Å²) in [6, 6.07) is 3.81. The van der Waals surface area contributed by atoms with E-state index in [1.165, 1.54) is 19.3 Å². The fourth-order valence-corrected chi connectivity index (χ4v) is 2.12. The second kappa shape index (κ2) is 5.30. The van der Waals surface area contributed by atoms with E-state index in [1.54, 1.807) is 13.3 Å². The van der Waals surface area contributed by atoms with Crippen molar-refractivity contribution in [3.8, 4) is 5.88 Å². The van der Waals surface area contributed by atoms with Crippen molar-refractivity contribution in [3.05, 3.63) is 23.9 Å². The normalized spacial score (nSPS) is 17.9. The van der Waals surface area contributed by atoms with Gasteiger partial charge in [-0.05, 0) is 24.3 Å². The summed E-state index contributed by atoms with van der Waals surface area (Å²) in [6.07, 6.45) is 7.11. The Kier molecular flexibility index (Phi) is 3.78. The Hall–Kier alpha value is -1.09. The van der Waals surface area contributed by atoms with Crippen molar-refractivity contribution in [1.82, 2.24) is 4.98 Å². The van der Waals surface area contributed by atoms with Gasteiger partial charge in [0.15, 0.2) is 0 Å². The summed E-state index contributed by atoms with van der Waals surface area (Å²) in [5.41, 5.74) is 1.08. The molecule has 3 nitrogen and oxygen atoms in total. The highest BCUT2D eigenvalue weighted by Crippen LogP contribution is 2.31. The van der Waals surface area contributed by atoms with Crippen LogP contribution in [-0.4, -0.2) is 23.3 Å². The first-order valence-electron chi connectivity index (χ1n) is 5.95. The maximum atomic E-state index is 9.91. The molecule has 0 aliphatic heterocycles. The zero-order chi connectivity index (χ0) is 11.4. The molecule has 1 aliphatic carbocycles. The Morgan fingerprint density at radius 1 is 1.50 bits per heavy atom. The summed E-state index contributed by atoms with van der Waals surface area (Å²) < 4.78 is 4.99. The van der Waals surface area contributed by atoms with E-state index in [9.17, 15) is 5.11 Å². The van der Waals surface area contributed by atoms with Crippen molar-refractivity contribution in [1.29, 1.82) is 0 Å². The van der Waals surface area contributed by atoms with Crippen LogP contribution in [0.3, 0.4) is 0 Å². The molecule has 1 aliphatic rings. The Morgan fingerprint density at radius 2 is 2.31 bits per heavy atom. The Morgan fingerprint density at radius 3 is 2.81 bits per heavy atom. The van der Waals surface area contributed by atoms with Crippen molar-refractivity contribution in [2.45, 2.75) is 38.2 Å². The molecule has 1 N–H and O–H groups in total. The smallest absolute Gasteiger partial charge is 0.212 e. The minimum Gasteiger partial charge on any atom is -0.481 e. The molecule has 16 heavy (non-hydrogen) atoms. The van der Waals surface area contributed by atoms with Crippen molar-refractivity contribution in [2.75, 3.05) is 7.11 Å². The van der Waals surface area contributed by atoms with E-state index >= 15 is 0 Å². The second-order valence-electron chi connectivity index (χ2n) is 4.60. The molecule has 2 rings (SSSR count). The third kappa shape index (κ3) is 2.95. The van der Waals surface area contributed by atoms with E-state index in [-0.39, 0.29) is 6.10 Å². The summed E-state index contributed by atoms with van der Waals surface area (Å²) in [5.74, 6) is 1.37. The van der Waals surface area contributed by atoms with Gasteiger partial charge in [-0.25, -0.2) is 4.98 Å². The van der Waals surface area contributed by atoms with E-state index in [0.717, 1.165) is 17.9 Å². The lowest BCUT2D eigenvalue weighted by Crippen LogP contribution is -2.20. The van der Waals surface area contributed by atoms with Crippen LogP contribution in [0.2, 0.25) is 0 Å². The van der Waals surface area contributed by atoms with Gasteiger partial charge >= 0.3 is 0 Å². The molecule has 1 heterocycles. The summed E-state index contributed by atoms with van der Waals surface area (Å²) >= 11 is 0. The zero-order valence-corrected chi connectivity index (χ0v) is 9.72. The number of methoxy groups -OCH3 is 1. The van der Waals surface area contributed by atoms with Crippen LogP contribution < -0.4 is 4.74 Å². The molecule has 0 radical (unpaired) electrons. The van der Waals surface area contributed by atoms with Gasteiger partial charge in [-0.15, -0.1) is 0 Å². The third-order valence-electron chi connectivity index (χ3n) is 3.31. The van der Waals surface area contributed by atoms with Gasteiger partial charge in [0, 0.05) is 12.3 Å². The van der Waals surface area contributed by atoms with Gasteiger partial charge in [-0.2, -0.15) is 0 Å². The molecule has 1 saturated carbocycles. The lowest BCUT2D eigenvalue weighted by molar-refractivity contribution is 0.117. The first-order chi connectivity index (χ1) is 7.78. The van der Waals surface area contributed by atoms with Crippen molar-refractivity contribution >= 4 is 0 Å². The summed E-state index contributed by atoms with van der Waals surface area (Å²) in [5, 5.41) is 9.91. The minimum absolute atomic E-state index is 0.222. The molecule has 0 amide bonds. The lowest BCUT2D eigenvalue weighted by atomic mass is 9.80. The Labute approximate surface area is 96.5 Å². The fourth-order valence-electron chi connectivity index (χ4n) is 2.12. The number of ether oxygens (including phenoxy) is 1. The van der Waals surface area contributed by atoms with Crippen LogP contribution >= 0.6 is 0 Å². The average molecular weight is 221 g/mol. The lowest BCUT2D eigenvalue weighted by Gasteiger charge is -2.27. The van der Waals surface area contributed by atoms with Gasteiger partial charge in [-0.3, -0.25) is 0 Å². The molecule has 1 atom stereocenters. The molecule has 1 aromatic rings. The van der Waals surface area contributed by atoms with E-state index in [4.69, 9.17) is 4.74 Å². The molecule has 1 unspecified atom stereocenters. The quantitative estimate of drug-likeness (QED) is 0.828. The number of hydrogen-bond acceptors (Lipinski definition) is 3. The molecule has 0 saturated heterocycles. The first-order valence-corrected chi connectivity index (χ1v) is 5.95. The van der Waals surface area contributed by atoms with Crippen LogP contribution in [0.25, 0.3) is 0 Å². The van der Waals surface area contributed by atoms with Crippen LogP contribution in [0.1, 0.15) is 31.2 Å². The molecule has 3 heteroatoms. The van der Waals surface area contributed by atoms with E-state index in [1.807, 2.05) is 12.1 Å². The molecule has 0 bridgehead atoms. The van der Waals surface area contributed by atoms with Gasteiger partial charge in [0.2, 0.25) is 5.88 Å². The number of nitrogens with zero attached hydrogens (tertiary/aromatic N) is 1. The molecule has 1 aromatic heterocycles. The van der Waals surface area contributed by atoms with Crippen molar-refractivity contribution in [3.63, 3.8) is 0 Å². The van der Waals surface area contributed by atoms with Gasteiger partial charge in [-0.1, -0.05) is 25.3 Å². The molecule has 0 spiro atoms. The maximum absolute atomic E-state index is 9.91. The van der Waals surface area contributed by atoms with Gasteiger partial charge in [0.05, 0.1) is 13.2 Å². The number of aromatic nitrogens is 1. The average Bonchev–Trinajstić information content (AvgIpc) is 2.25. The van der Waals surface area contributed by atoms with Crippen molar-refractivity contribution in [2.24, 2.45) is 5.92 Å². The van der Waals surface area contributed by atoms with Crippen LogP contribution in [0.15, 0.2) is 18.3 Å². The summed E-state index contributed by atoms with van der Waals surface area (Å²) in [7, 11) is 1.60. The topological polar surface area (TPSA) is 42.4 Å². The molecule has 1 fully saturated rings. The molecular weight excluding hydrogens is 202 g/mol. The summed E-state index contributed by atoms with van der Waals surface area (Å²) in [6.45, 7) is 0. The largest absolute Gasteiger partial charge is 0.481 e. The number of aliphatic hydroxyl groups is 1. The van der Waals surface area contributed by atoms with Crippen LogP contribution in [-0.2, 0) is 6.42 Å². The highest BCUT2D eigenvalue weighted by Gasteiger charge is 2.20. The zero-order valence-electron chi connectivity index (χ0n) is 9.72. The standard InChI is InChI=1S/C13H19NO2/c1-16-13-6-5-11(9-14-13)8-12(15)7-10-3-2-4-10/h5-6,9-10,12,15H,2-4,7-8H2,1H3. The van der Waals surface area contributed by atoms with Crippen LogP contribution in [0.5, 0.6) is 5.88 Å². The number of rotatable bonds is 5. The van der Waals surface area contributed by atoms with Gasteiger partial charge in [0.25, 0.3) is 0 Å².